The van der Waals surface area contributed by atoms with Gasteiger partial charge >= 0.3 is 4.87 Å². The fourth-order valence-electron chi connectivity index (χ4n) is 4.70. The van der Waals surface area contributed by atoms with Crippen LogP contribution in [0.3, 0.4) is 0 Å². The quantitative estimate of drug-likeness (QED) is 0.491. The van der Waals surface area contributed by atoms with E-state index in [0.29, 0.717) is 6.54 Å². The van der Waals surface area contributed by atoms with Gasteiger partial charge in [0.15, 0.2) is 0 Å². The molecule has 0 radical (unpaired) electrons. The summed E-state index contributed by atoms with van der Waals surface area (Å²) in [7, 11) is 3.92. The zero-order valence-corrected chi connectivity index (χ0v) is 18.0. The number of likely N-dealkylation sites (N-methyl/N-ethyl adjacent to an activating group) is 1. The Labute approximate surface area is 175 Å². The number of hydrogen-bond donors (Lipinski definition) is 0. The van der Waals surface area contributed by atoms with Gasteiger partial charge in [-0.1, -0.05) is 23.8 Å². The van der Waals surface area contributed by atoms with E-state index in [2.05, 4.69) is 24.1 Å². The van der Waals surface area contributed by atoms with Crippen LogP contribution in [0, 0.1) is 11.8 Å². The average molecular weight is 416 g/mol. The highest BCUT2D eigenvalue weighted by atomic mass is 32.1. The van der Waals surface area contributed by atoms with Crippen molar-refractivity contribution >= 4 is 33.4 Å². The smallest absolute Gasteiger partial charge is 0.306 e. The molecule has 6 nitrogen and oxygen atoms in total. The number of fused-ring (bicyclic) bond motifs is 2. The standard InChI is InChI=1S/C22H29N3O3S/c1-23(13-10-15-8-9-18-19(14-15)29-22(28)24(18)2)11-3-4-12-25-20(26)16-6-5-7-17(16)21(25)27/h8-9,14,16-17H,3-7,10-13H2,1-2H3. The Kier molecular flexibility index (Phi) is 5.88. The number of aryl methyl sites for hydroxylation is 1. The summed E-state index contributed by atoms with van der Waals surface area (Å²) in [4.78, 5) is 40.4. The van der Waals surface area contributed by atoms with Gasteiger partial charge in [0, 0.05) is 20.1 Å². The number of unbranched alkanes of at least 4 members (excludes halogenated alkanes) is 1. The highest BCUT2D eigenvalue weighted by Crippen LogP contribution is 2.39. The molecule has 2 unspecified atom stereocenters. The Balaban J connectivity index is 1.20. The van der Waals surface area contributed by atoms with Crippen molar-refractivity contribution in [1.29, 1.82) is 0 Å². The fraction of sp³-hybridized carbons (Fsp3) is 0.591. The predicted molar refractivity (Wildman–Crippen MR) is 115 cm³/mol. The van der Waals surface area contributed by atoms with Crippen LogP contribution in [0.4, 0.5) is 0 Å². The van der Waals surface area contributed by atoms with Crippen LogP contribution in [-0.4, -0.2) is 52.9 Å². The Morgan fingerprint density at radius 1 is 1.07 bits per heavy atom. The average Bonchev–Trinajstić information content (AvgIpc) is 3.36. The Morgan fingerprint density at radius 3 is 2.52 bits per heavy atom. The van der Waals surface area contributed by atoms with Gasteiger partial charge < -0.3 is 9.47 Å². The van der Waals surface area contributed by atoms with Gasteiger partial charge in [-0.05, 0) is 63.4 Å². The van der Waals surface area contributed by atoms with Crippen LogP contribution in [0.5, 0.6) is 0 Å². The van der Waals surface area contributed by atoms with E-state index in [0.717, 1.165) is 61.8 Å². The maximum absolute atomic E-state index is 12.4. The first-order chi connectivity index (χ1) is 14.0. The number of rotatable bonds is 8. The molecule has 1 aromatic carbocycles. The van der Waals surface area contributed by atoms with Crippen molar-refractivity contribution in [2.24, 2.45) is 18.9 Å². The summed E-state index contributed by atoms with van der Waals surface area (Å²) < 4.78 is 2.74. The molecule has 1 saturated heterocycles. The molecule has 2 heterocycles. The lowest BCUT2D eigenvalue weighted by Crippen LogP contribution is -2.33. The molecule has 7 heteroatoms. The third kappa shape index (κ3) is 4.03. The maximum Gasteiger partial charge on any atom is 0.307 e. The van der Waals surface area contributed by atoms with Gasteiger partial charge in [0.2, 0.25) is 11.8 Å². The Morgan fingerprint density at radius 2 is 1.79 bits per heavy atom. The van der Waals surface area contributed by atoms with Gasteiger partial charge in [-0.3, -0.25) is 19.3 Å². The van der Waals surface area contributed by atoms with Crippen molar-refractivity contribution in [1.82, 2.24) is 14.4 Å². The van der Waals surface area contributed by atoms with Crippen molar-refractivity contribution in [3.8, 4) is 0 Å². The Hall–Kier alpha value is -1.99. The molecule has 1 aliphatic carbocycles. The number of hydrogen-bond acceptors (Lipinski definition) is 5. The highest BCUT2D eigenvalue weighted by Gasteiger charge is 2.49. The van der Waals surface area contributed by atoms with Crippen LogP contribution in [-0.2, 0) is 23.1 Å². The maximum atomic E-state index is 12.4. The molecule has 0 spiro atoms. The van der Waals surface area contributed by atoms with Crippen LogP contribution >= 0.6 is 11.3 Å². The molecule has 4 rings (SSSR count). The predicted octanol–water partition coefficient (Wildman–Crippen LogP) is 2.64. The summed E-state index contributed by atoms with van der Waals surface area (Å²) in [6.07, 6.45) is 5.57. The lowest BCUT2D eigenvalue weighted by molar-refractivity contribution is -0.140. The van der Waals surface area contributed by atoms with Crippen LogP contribution in [0.15, 0.2) is 23.0 Å². The van der Waals surface area contributed by atoms with Gasteiger partial charge in [0.1, 0.15) is 0 Å². The Bertz CT molecular complexity index is 957. The molecule has 1 aliphatic heterocycles. The molecule has 1 aromatic heterocycles. The first kappa shape index (κ1) is 20.3. The van der Waals surface area contributed by atoms with Crippen molar-refractivity contribution < 1.29 is 9.59 Å². The highest BCUT2D eigenvalue weighted by molar-refractivity contribution is 7.16. The van der Waals surface area contributed by atoms with Gasteiger partial charge in [-0.25, -0.2) is 0 Å². The number of amides is 2. The molecule has 1 saturated carbocycles. The molecule has 2 aromatic rings. The molecule has 0 bridgehead atoms. The number of aromatic nitrogens is 1. The van der Waals surface area contributed by atoms with Crippen LogP contribution in [0.1, 0.15) is 37.7 Å². The number of benzene rings is 1. The van der Waals surface area contributed by atoms with Crippen molar-refractivity contribution in [3.05, 3.63) is 33.4 Å². The molecule has 2 aliphatic rings. The normalized spacial score (nSPS) is 21.7. The summed E-state index contributed by atoms with van der Waals surface area (Å²) in [6.45, 7) is 2.46. The van der Waals surface area contributed by atoms with Crippen LogP contribution in [0.2, 0.25) is 0 Å². The first-order valence-electron chi connectivity index (χ1n) is 10.6. The molecular weight excluding hydrogens is 386 g/mol. The summed E-state index contributed by atoms with van der Waals surface area (Å²) in [5.41, 5.74) is 2.23. The zero-order chi connectivity index (χ0) is 20.5. The number of carbonyl (C=O) groups excluding carboxylic acids is 2. The van der Waals surface area contributed by atoms with E-state index in [1.54, 1.807) is 4.57 Å². The van der Waals surface area contributed by atoms with E-state index in [1.165, 1.54) is 21.8 Å². The lowest BCUT2D eigenvalue weighted by atomic mass is 10.00. The van der Waals surface area contributed by atoms with Crippen molar-refractivity contribution in [2.75, 3.05) is 26.7 Å². The molecule has 156 valence electrons. The number of carbonyl (C=O) groups is 2. The molecular formula is C22H29N3O3S. The second-order valence-electron chi connectivity index (χ2n) is 8.46. The van der Waals surface area contributed by atoms with E-state index in [4.69, 9.17) is 0 Å². The summed E-state index contributed by atoms with van der Waals surface area (Å²) in [5.74, 6) is 0.102. The first-order valence-corrected chi connectivity index (χ1v) is 11.4. The second kappa shape index (κ2) is 8.40. The van der Waals surface area contributed by atoms with E-state index >= 15 is 0 Å². The van der Waals surface area contributed by atoms with E-state index in [9.17, 15) is 14.4 Å². The third-order valence-corrected chi connectivity index (χ3v) is 7.49. The number of nitrogens with zero attached hydrogens (tertiary/aromatic N) is 3. The lowest BCUT2D eigenvalue weighted by Gasteiger charge is -2.19. The van der Waals surface area contributed by atoms with Crippen LogP contribution < -0.4 is 4.87 Å². The van der Waals surface area contributed by atoms with Crippen molar-refractivity contribution in [2.45, 2.75) is 38.5 Å². The van der Waals surface area contributed by atoms with Gasteiger partial charge in [-0.2, -0.15) is 0 Å². The second-order valence-corrected chi connectivity index (χ2v) is 9.45. The number of likely N-dealkylation sites (tertiary alicyclic amines) is 1. The minimum Gasteiger partial charge on any atom is -0.306 e. The molecule has 2 fully saturated rings. The zero-order valence-electron chi connectivity index (χ0n) is 17.2. The SMILES string of the molecule is CN(CCCCN1C(=O)C2CCCC2C1=O)CCc1ccc2c(c1)sc(=O)n2C. The molecule has 0 N–H and O–H groups in total. The third-order valence-electron chi connectivity index (χ3n) is 6.49. The van der Waals surface area contributed by atoms with Gasteiger partial charge in [-0.15, -0.1) is 0 Å². The summed E-state index contributed by atoms with van der Waals surface area (Å²) in [5, 5.41) is 0. The largest absolute Gasteiger partial charge is 0.307 e. The van der Waals surface area contributed by atoms with Crippen molar-refractivity contribution in [3.63, 3.8) is 0 Å². The van der Waals surface area contributed by atoms with Gasteiger partial charge in [0.25, 0.3) is 0 Å². The monoisotopic (exact) mass is 415 g/mol. The van der Waals surface area contributed by atoms with Gasteiger partial charge in [0.05, 0.1) is 22.1 Å². The summed E-state index contributed by atoms with van der Waals surface area (Å²) >= 11 is 1.30. The van der Waals surface area contributed by atoms with E-state index in [-0.39, 0.29) is 28.5 Å². The number of imide groups is 1. The topological polar surface area (TPSA) is 62.6 Å². The number of thiazole rings is 1. The van der Waals surface area contributed by atoms with E-state index in [1.807, 2.05) is 13.1 Å². The molecule has 29 heavy (non-hydrogen) atoms. The summed E-state index contributed by atoms with van der Waals surface area (Å²) in [6, 6.07) is 6.25. The fourth-order valence-corrected chi connectivity index (χ4v) is 5.64. The minimum absolute atomic E-state index is 0.0225. The molecule has 2 atom stereocenters. The minimum atomic E-state index is -0.0225. The van der Waals surface area contributed by atoms with Crippen LogP contribution in [0.25, 0.3) is 10.2 Å². The molecule has 2 amide bonds. The van der Waals surface area contributed by atoms with E-state index < -0.39 is 0 Å².